The Labute approximate surface area is 93.0 Å². The lowest BCUT2D eigenvalue weighted by Gasteiger charge is -2.16. The third-order valence-electron chi connectivity index (χ3n) is 2.07. The van der Waals surface area contributed by atoms with Crippen molar-refractivity contribution in [3.05, 3.63) is 30.3 Å². The molecule has 2 unspecified atom stereocenters. The molecular weight excluding hydrogens is 210 g/mol. The van der Waals surface area contributed by atoms with E-state index in [1.54, 1.807) is 0 Å². The number of anilines is 1. The summed E-state index contributed by atoms with van der Waals surface area (Å²) in [5.41, 5.74) is 0.949. The Hall–Kier alpha value is -0.870. The predicted octanol–water partition coefficient (Wildman–Crippen LogP) is 1.23. The topological polar surface area (TPSA) is 49.3 Å². The molecule has 0 aliphatic carbocycles. The van der Waals surface area contributed by atoms with Crippen LogP contribution in [0.2, 0.25) is 0 Å². The molecule has 0 spiro atoms. The summed E-state index contributed by atoms with van der Waals surface area (Å²) in [6, 6.07) is 9.51. The Morgan fingerprint density at radius 3 is 2.60 bits per heavy atom. The summed E-state index contributed by atoms with van der Waals surface area (Å²) >= 11 is 0. The molecule has 1 aromatic rings. The lowest BCUT2D eigenvalue weighted by molar-refractivity contribution is 0.282. The van der Waals surface area contributed by atoms with Gasteiger partial charge in [-0.15, -0.1) is 0 Å². The first-order valence-electron chi connectivity index (χ1n) is 5.03. The first kappa shape index (κ1) is 12.2. The van der Waals surface area contributed by atoms with Crippen LogP contribution >= 0.6 is 0 Å². The summed E-state index contributed by atoms with van der Waals surface area (Å²) < 4.78 is 11.3. The van der Waals surface area contributed by atoms with Crippen LogP contribution in [0.5, 0.6) is 0 Å². The number of hydrogen-bond donors (Lipinski definition) is 2. The van der Waals surface area contributed by atoms with Crippen molar-refractivity contribution >= 4 is 16.5 Å². The van der Waals surface area contributed by atoms with E-state index in [4.69, 9.17) is 5.11 Å². The molecule has 1 aromatic carbocycles. The molecule has 0 bridgehead atoms. The van der Waals surface area contributed by atoms with E-state index in [1.807, 2.05) is 37.3 Å². The Morgan fingerprint density at radius 2 is 2.07 bits per heavy atom. The fourth-order valence-corrected chi connectivity index (χ4v) is 2.13. The number of benzene rings is 1. The summed E-state index contributed by atoms with van der Waals surface area (Å²) in [6.07, 6.45) is 0. The molecule has 0 fully saturated rings. The summed E-state index contributed by atoms with van der Waals surface area (Å²) in [7, 11) is -0.853. The molecule has 0 amide bonds. The molecular formula is C11H17NO2S. The minimum Gasteiger partial charge on any atom is -0.394 e. The first-order chi connectivity index (χ1) is 7.26. The van der Waals surface area contributed by atoms with E-state index in [1.165, 1.54) is 0 Å². The van der Waals surface area contributed by atoms with Gasteiger partial charge < -0.3 is 10.4 Å². The molecule has 0 radical (unpaired) electrons. The minimum atomic E-state index is -0.853. The van der Waals surface area contributed by atoms with Crippen LogP contribution in [0, 0.1) is 0 Å². The van der Waals surface area contributed by atoms with Crippen LogP contribution in [0.1, 0.15) is 6.92 Å². The molecule has 0 saturated heterocycles. The van der Waals surface area contributed by atoms with Crippen LogP contribution in [-0.4, -0.2) is 33.5 Å². The number of hydrogen-bond acceptors (Lipinski definition) is 3. The molecule has 0 aromatic heterocycles. The monoisotopic (exact) mass is 227 g/mol. The van der Waals surface area contributed by atoms with Gasteiger partial charge in [-0.1, -0.05) is 25.1 Å². The number of aliphatic hydroxyl groups is 1. The molecule has 0 aliphatic heterocycles. The number of para-hydroxylation sites is 1. The SMILES string of the molecule is CCS(=O)CC(CO)Nc1ccccc1. The summed E-state index contributed by atoms with van der Waals surface area (Å²) in [5, 5.41) is 12.3. The third-order valence-corrected chi connectivity index (χ3v) is 3.49. The lowest BCUT2D eigenvalue weighted by Crippen LogP contribution is -2.30. The van der Waals surface area contributed by atoms with Crippen molar-refractivity contribution < 1.29 is 9.32 Å². The number of rotatable bonds is 6. The molecule has 0 aliphatic rings. The van der Waals surface area contributed by atoms with Gasteiger partial charge in [-0.05, 0) is 12.1 Å². The van der Waals surface area contributed by atoms with E-state index in [9.17, 15) is 4.21 Å². The molecule has 4 heteroatoms. The van der Waals surface area contributed by atoms with Gasteiger partial charge in [-0.25, -0.2) is 0 Å². The fraction of sp³-hybridized carbons (Fsp3) is 0.455. The molecule has 0 saturated carbocycles. The maximum absolute atomic E-state index is 11.3. The summed E-state index contributed by atoms with van der Waals surface area (Å²) in [4.78, 5) is 0. The fourth-order valence-electron chi connectivity index (χ4n) is 1.25. The second-order valence-corrected chi connectivity index (χ2v) is 5.08. The zero-order valence-corrected chi connectivity index (χ0v) is 9.67. The van der Waals surface area contributed by atoms with E-state index in [2.05, 4.69) is 5.32 Å². The van der Waals surface area contributed by atoms with Crippen LogP contribution in [0.25, 0.3) is 0 Å². The second kappa shape index (κ2) is 6.58. The van der Waals surface area contributed by atoms with Gasteiger partial charge >= 0.3 is 0 Å². The molecule has 2 N–H and O–H groups in total. The van der Waals surface area contributed by atoms with Crippen molar-refractivity contribution in [1.29, 1.82) is 0 Å². The van der Waals surface area contributed by atoms with Crippen molar-refractivity contribution in [3.63, 3.8) is 0 Å². The molecule has 2 atom stereocenters. The molecule has 84 valence electrons. The quantitative estimate of drug-likeness (QED) is 0.768. The minimum absolute atomic E-state index is 0.000629. The normalized spacial score (nSPS) is 14.5. The number of nitrogens with one attached hydrogen (secondary N) is 1. The standard InChI is InChI=1S/C11H17NO2S/c1-2-15(14)9-11(8-13)12-10-6-4-3-5-7-10/h3-7,11-13H,2,8-9H2,1H3. The van der Waals surface area contributed by atoms with Gasteiger partial charge in [-0.3, -0.25) is 4.21 Å². The van der Waals surface area contributed by atoms with E-state index in [0.717, 1.165) is 5.69 Å². The van der Waals surface area contributed by atoms with Crippen LogP contribution in [-0.2, 0) is 10.8 Å². The smallest absolute Gasteiger partial charge is 0.0641 e. The van der Waals surface area contributed by atoms with Gasteiger partial charge in [0.1, 0.15) is 0 Å². The molecule has 1 rings (SSSR count). The van der Waals surface area contributed by atoms with E-state index in [0.29, 0.717) is 11.5 Å². The zero-order valence-electron chi connectivity index (χ0n) is 8.85. The van der Waals surface area contributed by atoms with Crippen LogP contribution in [0.4, 0.5) is 5.69 Å². The molecule has 15 heavy (non-hydrogen) atoms. The Balaban J connectivity index is 2.50. The van der Waals surface area contributed by atoms with E-state index < -0.39 is 10.8 Å². The summed E-state index contributed by atoms with van der Waals surface area (Å²) in [5.74, 6) is 1.12. The number of aliphatic hydroxyl groups excluding tert-OH is 1. The average molecular weight is 227 g/mol. The lowest BCUT2D eigenvalue weighted by atomic mass is 10.3. The van der Waals surface area contributed by atoms with Gasteiger partial charge in [0.2, 0.25) is 0 Å². The van der Waals surface area contributed by atoms with Gasteiger partial charge in [0.15, 0.2) is 0 Å². The Morgan fingerprint density at radius 1 is 1.40 bits per heavy atom. The van der Waals surface area contributed by atoms with Crippen molar-refractivity contribution in [1.82, 2.24) is 0 Å². The maximum atomic E-state index is 11.3. The highest BCUT2D eigenvalue weighted by Crippen LogP contribution is 2.07. The largest absolute Gasteiger partial charge is 0.394 e. The second-order valence-electron chi connectivity index (χ2n) is 3.29. The highest BCUT2D eigenvalue weighted by atomic mass is 32.2. The van der Waals surface area contributed by atoms with Crippen molar-refractivity contribution in [2.45, 2.75) is 13.0 Å². The Bertz CT molecular complexity index is 303. The van der Waals surface area contributed by atoms with Gasteiger partial charge in [-0.2, -0.15) is 0 Å². The van der Waals surface area contributed by atoms with Crippen molar-refractivity contribution in [2.75, 3.05) is 23.4 Å². The maximum Gasteiger partial charge on any atom is 0.0641 e. The molecule has 0 heterocycles. The van der Waals surface area contributed by atoms with Crippen LogP contribution in [0.3, 0.4) is 0 Å². The van der Waals surface area contributed by atoms with Gasteiger partial charge in [0, 0.05) is 28.0 Å². The van der Waals surface area contributed by atoms with Crippen molar-refractivity contribution in [3.8, 4) is 0 Å². The van der Waals surface area contributed by atoms with Crippen molar-refractivity contribution in [2.24, 2.45) is 0 Å². The van der Waals surface area contributed by atoms with Gasteiger partial charge in [0.05, 0.1) is 12.6 Å². The Kier molecular flexibility index (Phi) is 5.36. The zero-order chi connectivity index (χ0) is 11.1. The highest BCUT2D eigenvalue weighted by Gasteiger charge is 2.10. The highest BCUT2D eigenvalue weighted by molar-refractivity contribution is 7.85. The van der Waals surface area contributed by atoms with E-state index >= 15 is 0 Å². The van der Waals surface area contributed by atoms with Crippen LogP contribution < -0.4 is 5.32 Å². The first-order valence-corrected chi connectivity index (χ1v) is 6.52. The van der Waals surface area contributed by atoms with E-state index in [-0.39, 0.29) is 12.6 Å². The average Bonchev–Trinajstić information content (AvgIpc) is 2.29. The van der Waals surface area contributed by atoms with Gasteiger partial charge in [0.25, 0.3) is 0 Å². The summed E-state index contributed by atoms with van der Waals surface area (Å²) in [6.45, 7) is 1.88. The van der Waals surface area contributed by atoms with Crippen LogP contribution in [0.15, 0.2) is 30.3 Å². The predicted molar refractivity (Wildman–Crippen MR) is 64.5 cm³/mol. The molecule has 3 nitrogen and oxygen atoms in total. The third kappa shape index (κ3) is 4.44.